The van der Waals surface area contributed by atoms with Crippen molar-refractivity contribution in [1.29, 1.82) is 0 Å². The molecular weight excluding hydrogens is 672 g/mol. The molecule has 0 unspecified atom stereocenters. The Morgan fingerprint density at radius 1 is 1.09 bits per heavy atom. The van der Waals surface area contributed by atoms with Crippen LogP contribution in [0.2, 0.25) is 0 Å². The van der Waals surface area contributed by atoms with Crippen LogP contribution in [0.15, 0.2) is 68.7 Å². The van der Waals surface area contributed by atoms with Gasteiger partial charge in [0, 0.05) is 64.9 Å². The summed E-state index contributed by atoms with van der Waals surface area (Å²) in [5.41, 5.74) is 19.9. The van der Waals surface area contributed by atoms with E-state index in [1.54, 1.807) is 26.1 Å². The number of phenolic OH excluding ortho intramolecular Hbond substituents is 1. The average molecular weight is 715 g/mol. The van der Waals surface area contributed by atoms with E-state index in [4.69, 9.17) is 25.4 Å². The van der Waals surface area contributed by atoms with Gasteiger partial charge in [-0.1, -0.05) is 30.6 Å². The molecule has 1 aromatic carbocycles. The first-order valence-corrected chi connectivity index (χ1v) is 18.4. The predicted octanol–water partition coefficient (Wildman–Crippen LogP) is 5.79. The second kappa shape index (κ2) is 11.8. The van der Waals surface area contributed by atoms with Crippen LogP contribution < -0.4 is 21.6 Å². The lowest BCUT2D eigenvalue weighted by Gasteiger charge is -2.48. The van der Waals surface area contributed by atoms with Gasteiger partial charge in [0.05, 0.1) is 0 Å². The lowest BCUT2D eigenvalue weighted by Crippen LogP contribution is -2.57. The van der Waals surface area contributed by atoms with Crippen molar-refractivity contribution in [2.75, 3.05) is 11.5 Å². The topological polar surface area (TPSA) is 184 Å². The number of esters is 1. The third-order valence-corrected chi connectivity index (χ3v) is 12.6. The zero-order valence-corrected chi connectivity index (χ0v) is 30.0. The highest BCUT2D eigenvalue weighted by Gasteiger charge is 2.57. The summed E-state index contributed by atoms with van der Waals surface area (Å²) >= 11 is 0. The number of benzene rings is 1. The number of rotatable bonds is 3. The van der Waals surface area contributed by atoms with Crippen LogP contribution in [0.1, 0.15) is 85.6 Å². The molecule has 2 aliphatic heterocycles. The number of nitrogens with two attached hydrogens (primary N) is 2. The van der Waals surface area contributed by atoms with E-state index in [9.17, 15) is 19.8 Å². The molecule has 272 valence electrons. The number of carbonyl (C=O) groups excluding carboxylic acids is 1. The van der Waals surface area contributed by atoms with Crippen molar-refractivity contribution < 1.29 is 28.9 Å². The molecule has 5 aliphatic rings. The van der Waals surface area contributed by atoms with Crippen LogP contribution in [0.4, 0.5) is 11.6 Å². The molecule has 11 nitrogen and oxygen atoms in total. The monoisotopic (exact) mass is 714 g/mol. The first-order chi connectivity index (χ1) is 25.5. The van der Waals surface area contributed by atoms with Crippen molar-refractivity contribution in [1.82, 2.24) is 9.97 Å². The smallest absolute Gasteiger partial charge is 0.333 e. The second-order valence-corrected chi connectivity index (χ2v) is 15.5. The van der Waals surface area contributed by atoms with Crippen molar-refractivity contribution in [2.24, 2.45) is 11.3 Å². The molecule has 4 aromatic rings. The number of anilines is 2. The Labute approximate surface area is 306 Å². The van der Waals surface area contributed by atoms with Crippen LogP contribution in [0, 0.1) is 11.3 Å². The van der Waals surface area contributed by atoms with Gasteiger partial charge >= 0.3 is 5.97 Å². The summed E-state index contributed by atoms with van der Waals surface area (Å²) in [5, 5.41) is 22.0. The molecule has 3 aromatic heterocycles. The third-order valence-electron chi connectivity index (χ3n) is 12.6. The molecule has 5 heterocycles. The Hall–Kier alpha value is -5.42. The number of hydrogen-bond donors (Lipinski definition) is 4. The molecule has 3 atom stereocenters. The van der Waals surface area contributed by atoms with Gasteiger partial charge in [-0.2, -0.15) is 0 Å². The van der Waals surface area contributed by atoms with Crippen LogP contribution in [-0.4, -0.2) is 37.9 Å². The first-order valence-electron chi connectivity index (χ1n) is 18.4. The number of nitrogens with zero attached hydrogens (tertiary/aromatic N) is 2. The number of nitrogen functional groups attached to an aromatic ring is 2. The van der Waals surface area contributed by atoms with Crippen molar-refractivity contribution in [3.63, 3.8) is 0 Å². The number of aromatic hydroxyl groups is 1. The van der Waals surface area contributed by atoms with E-state index >= 15 is 0 Å². The number of aromatic nitrogens is 2. The molecule has 9 rings (SSSR count). The van der Waals surface area contributed by atoms with E-state index in [2.05, 4.69) is 16.0 Å². The summed E-state index contributed by atoms with van der Waals surface area (Å²) in [6, 6.07) is 5.09. The molecule has 0 amide bonds. The minimum Gasteiger partial charge on any atom is -0.507 e. The predicted molar refractivity (Wildman–Crippen MR) is 199 cm³/mol. The van der Waals surface area contributed by atoms with E-state index in [-0.39, 0.29) is 40.7 Å². The lowest BCUT2D eigenvalue weighted by atomic mass is 9.69. The number of allylic oxidation sites excluding steroid dienone is 4. The number of phenols is 1. The Morgan fingerprint density at radius 2 is 1.89 bits per heavy atom. The van der Waals surface area contributed by atoms with E-state index in [0.29, 0.717) is 46.9 Å². The summed E-state index contributed by atoms with van der Waals surface area (Å²) in [5.74, 6) is 0.0328. The number of ether oxygens (including phenoxy) is 2. The molecule has 3 aliphatic carbocycles. The highest BCUT2D eigenvalue weighted by atomic mass is 16.6. The largest absolute Gasteiger partial charge is 0.507 e. The van der Waals surface area contributed by atoms with Crippen LogP contribution in [0.3, 0.4) is 0 Å². The minimum absolute atomic E-state index is 0.0292. The number of carbonyl (C=O) groups is 1. The van der Waals surface area contributed by atoms with Crippen molar-refractivity contribution in [3.05, 3.63) is 109 Å². The zero-order valence-electron chi connectivity index (χ0n) is 30.0. The standard InChI is InChI=1S/C42H42N4O7/c1-4-20(2)40(50)52-31-16-25-36(49)35-30(48)15-24(19-47)51-38(35)26-11-21-7-10-45-39(44)33(21)27-17-42(8-5-6-9-42)29-12-22-14-32(43)46-18-23(22)13-28(34(27)29)41(31,3)53-37(25)26/h4,7,10,14-15,17-18,28,31,47,49H,5-6,8-9,11-13,16,19H2,1-3H3,(H2,43,46)(H2,44,45)/b20-4-/t28-,31+,41-/m0/s1. The van der Waals surface area contributed by atoms with Gasteiger partial charge in [-0.15, -0.1) is 0 Å². The molecule has 1 spiro atoms. The SMILES string of the molecule is C/C=C(/C)C(=O)O[C@@H]1Cc2c3c(c4oc(CO)cc(=O)c4c2O)Cc2ccnc(N)c2C2=CC4(CCCC4)C4=C2[C@H](Cc2cnc(N)cc2C4)[C@]1(C)O3. The number of hydrogen-bond acceptors (Lipinski definition) is 11. The number of pyridine rings is 2. The van der Waals surface area contributed by atoms with Gasteiger partial charge in [-0.05, 0) is 86.4 Å². The fourth-order valence-corrected chi connectivity index (χ4v) is 9.80. The van der Waals surface area contributed by atoms with Crippen LogP contribution in [0.5, 0.6) is 11.5 Å². The normalized spacial score (nSPS) is 23.8. The van der Waals surface area contributed by atoms with Crippen LogP contribution in [-0.2, 0) is 41.8 Å². The van der Waals surface area contributed by atoms with Crippen molar-refractivity contribution >= 4 is 34.1 Å². The maximum absolute atomic E-state index is 13.7. The number of aliphatic hydroxyl groups is 1. The van der Waals surface area contributed by atoms with Crippen LogP contribution >= 0.6 is 0 Å². The highest BCUT2D eigenvalue weighted by molar-refractivity contribution is 5.94. The van der Waals surface area contributed by atoms with Gasteiger partial charge in [-0.25, -0.2) is 14.8 Å². The summed E-state index contributed by atoms with van der Waals surface area (Å²) in [6.07, 6.45) is 12.3. The van der Waals surface area contributed by atoms with Gasteiger partial charge in [0.1, 0.15) is 52.6 Å². The van der Waals surface area contributed by atoms with E-state index in [1.165, 1.54) is 11.6 Å². The van der Waals surface area contributed by atoms with E-state index < -0.39 is 35.6 Å². The Balaban J connectivity index is 1.42. The van der Waals surface area contributed by atoms with E-state index in [0.717, 1.165) is 59.1 Å². The van der Waals surface area contributed by atoms with Crippen molar-refractivity contribution in [3.8, 4) is 11.5 Å². The molecule has 2 bridgehead atoms. The summed E-state index contributed by atoms with van der Waals surface area (Å²) in [6.45, 7) is 4.96. The minimum atomic E-state index is -1.22. The Kier molecular flexibility index (Phi) is 7.44. The van der Waals surface area contributed by atoms with Crippen molar-refractivity contribution in [2.45, 2.75) is 90.4 Å². The Morgan fingerprint density at radius 3 is 2.64 bits per heavy atom. The highest BCUT2D eigenvalue weighted by Crippen LogP contribution is 2.62. The Bertz CT molecular complexity index is 2440. The molecular formula is C42H42N4O7. The van der Waals surface area contributed by atoms with Gasteiger partial charge in [0.2, 0.25) is 0 Å². The maximum Gasteiger partial charge on any atom is 0.333 e. The van der Waals surface area contributed by atoms with Gasteiger partial charge < -0.3 is 35.6 Å². The van der Waals surface area contributed by atoms with Gasteiger partial charge in [0.25, 0.3) is 0 Å². The zero-order chi connectivity index (χ0) is 37.0. The lowest BCUT2D eigenvalue weighted by molar-refractivity contribution is -0.162. The third kappa shape index (κ3) is 4.82. The number of aliphatic hydroxyl groups excluding tert-OH is 1. The second-order valence-electron chi connectivity index (χ2n) is 15.5. The summed E-state index contributed by atoms with van der Waals surface area (Å²) < 4.78 is 20.0. The van der Waals surface area contributed by atoms with E-state index in [1.807, 2.05) is 25.3 Å². The molecule has 1 saturated carbocycles. The molecule has 0 radical (unpaired) electrons. The molecule has 6 N–H and O–H groups in total. The summed E-state index contributed by atoms with van der Waals surface area (Å²) in [4.78, 5) is 36.5. The summed E-state index contributed by atoms with van der Waals surface area (Å²) in [7, 11) is 0. The molecule has 53 heavy (non-hydrogen) atoms. The maximum atomic E-state index is 13.7. The quantitative estimate of drug-likeness (QED) is 0.149. The average Bonchev–Trinajstić information content (AvgIpc) is 3.67. The number of fused-ring (bicyclic) bond motifs is 8. The fourth-order valence-electron chi connectivity index (χ4n) is 9.80. The molecule has 1 fully saturated rings. The van der Waals surface area contributed by atoms with Gasteiger partial charge in [0.15, 0.2) is 11.0 Å². The first kappa shape index (κ1) is 33.4. The fraction of sp³-hybridized carbons (Fsp3) is 0.381. The van der Waals surface area contributed by atoms with Crippen LogP contribution in [0.25, 0.3) is 16.5 Å². The molecule has 0 saturated heterocycles. The molecule has 11 heteroatoms. The van der Waals surface area contributed by atoms with Gasteiger partial charge in [-0.3, -0.25) is 4.79 Å².